The van der Waals surface area contributed by atoms with Crippen LogP contribution in [0.25, 0.3) is 5.57 Å². The van der Waals surface area contributed by atoms with E-state index >= 15 is 0 Å². The van der Waals surface area contributed by atoms with Crippen LogP contribution < -0.4 is 5.32 Å². The second-order valence-corrected chi connectivity index (χ2v) is 5.60. The molecule has 1 heterocycles. The zero-order valence-corrected chi connectivity index (χ0v) is 14.1. The van der Waals surface area contributed by atoms with Gasteiger partial charge in [0.2, 0.25) is 5.78 Å². The van der Waals surface area contributed by atoms with Gasteiger partial charge in [-0.15, -0.1) is 0 Å². The first kappa shape index (κ1) is 18.3. The Labute approximate surface area is 146 Å². The summed E-state index contributed by atoms with van der Waals surface area (Å²) in [7, 11) is 0. The fourth-order valence-corrected chi connectivity index (χ4v) is 2.34. The van der Waals surface area contributed by atoms with Gasteiger partial charge in [-0.2, -0.15) is 0 Å². The highest BCUT2D eigenvalue weighted by Crippen LogP contribution is 2.18. The molecule has 128 valence electrons. The molecule has 2 aromatic rings. The molecule has 1 unspecified atom stereocenters. The van der Waals surface area contributed by atoms with E-state index in [-0.39, 0.29) is 11.7 Å². The quantitative estimate of drug-likeness (QED) is 0.457. The van der Waals surface area contributed by atoms with E-state index in [1.807, 2.05) is 6.92 Å². The molecule has 2 rings (SSSR count). The molecule has 1 atom stereocenters. The van der Waals surface area contributed by atoms with Crippen LogP contribution in [0, 0.1) is 0 Å². The number of benzene rings is 1. The fourth-order valence-electron chi connectivity index (χ4n) is 2.34. The first-order chi connectivity index (χ1) is 12.1. The summed E-state index contributed by atoms with van der Waals surface area (Å²) < 4.78 is 0. The van der Waals surface area contributed by atoms with Crippen LogP contribution in [-0.2, 0) is 4.79 Å². The first-order valence-electron chi connectivity index (χ1n) is 8.08. The van der Waals surface area contributed by atoms with Gasteiger partial charge in [0.15, 0.2) is 0 Å². The Morgan fingerprint density at radius 2 is 1.84 bits per heavy atom. The molecule has 0 radical (unpaired) electrons. The Bertz CT molecular complexity index is 767. The molecule has 1 aromatic heterocycles. The summed E-state index contributed by atoms with van der Waals surface area (Å²) in [5.74, 6) is -0.583. The van der Waals surface area contributed by atoms with Gasteiger partial charge in [-0.25, -0.2) is 0 Å². The van der Waals surface area contributed by atoms with Crippen molar-refractivity contribution in [3.63, 3.8) is 0 Å². The van der Waals surface area contributed by atoms with Crippen molar-refractivity contribution in [2.45, 2.75) is 25.8 Å². The Hall–Kier alpha value is -3.08. The number of ketones is 1. The smallest absolute Gasteiger partial charge is 0.251 e. The molecule has 0 saturated heterocycles. The molecule has 0 spiro atoms. The monoisotopic (exact) mass is 336 g/mol. The van der Waals surface area contributed by atoms with Gasteiger partial charge in [0.25, 0.3) is 5.91 Å². The van der Waals surface area contributed by atoms with E-state index in [2.05, 4.69) is 16.9 Å². The number of nitrogens with one attached hydrogen (secondary N) is 1. The number of allylic oxidation sites excluding steroid dienone is 1. The normalized spacial score (nSPS) is 11.4. The number of hydrogen-bond acceptors (Lipinski definition) is 4. The highest BCUT2D eigenvalue weighted by Gasteiger charge is 2.15. The average Bonchev–Trinajstić information content (AvgIpc) is 2.67. The van der Waals surface area contributed by atoms with E-state index < -0.39 is 6.04 Å². The SMILES string of the molecule is C=C(C(=O)c1ccccn1)c1ccc(C(=O)NC(C=O)CCC)cc1. The van der Waals surface area contributed by atoms with Crippen LogP contribution in [0.1, 0.15) is 46.2 Å². The predicted molar refractivity (Wildman–Crippen MR) is 96.3 cm³/mol. The van der Waals surface area contributed by atoms with Crippen molar-refractivity contribution in [3.8, 4) is 0 Å². The molecule has 1 amide bonds. The minimum Gasteiger partial charge on any atom is -0.343 e. The number of rotatable bonds is 8. The maximum Gasteiger partial charge on any atom is 0.251 e. The molecule has 0 aliphatic heterocycles. The average molecular weight is 336 g/mol. The van der Waals surface area contributed by atoms with Crippen LogP contribution in [0.15, 0.2) is 55.2 Å². The summed E-state index contributed by atoms with van der Waals surface area (Å²) in [5.41, 5.74) is 1.67. The molecule has 5 heteroatoms. The molecule has 1 N–H and O–H groups in total. The maximum atomic E-state index is 12.3. The summed E-state index contributed by atoms with van der Waals surface area (Å²) in [6.45, 7) is 5.77. The third kappa shape index (κ3) is 4.70. The number of carbonyl (C=O) groups is 3. The number of aromatic nitrogens is 1. The van der Waals surface area contributed by atoms with Crippen molar-refractivity contribution in [1.29, 1.82) is 0 Å². The van der Waals surface area contributed by atoms with Gasteiger partial charge in [0.05, 0.1) is 6.04 Å². The first-order valence-corrected chi connectivity index (χ1v) is 8.08. The lowest BCUT2D eigenvalue weighted by Crippen LogP contribution is -2.35. The Kier molecular flexibility index (Phi) is 6.34. The third-order valence-corrected chi connectivity index (χ3v) is 3.75. The van der Waals surface area contributed by atoms with E-state index in [4.69, 9.17) is 0 Å². The lowest BCUT2D eigenvalue weighted by Gasteiger charge is -2.12. The van der Waals surface area contributed by atoms with Crippen molar-refractivity contribution >= 4 is 23.5 Å². The van der Waals surface area contributed by atoms with Crippen molar-refractivity contribution in [2.75, 3.05) is 0 Å². The maximum absolute atomic E-state index is 12.3. The Balaban J connectivity index is 2.08. The molecule has 0 aliphatic carbocycles. The summed E-state index contributed by atoms with van der Waals surface area (Å²) in [4.78, 5) is 39.5. The van der Waals surface area contributed by atoms with Gasteiger partial charge in [-0.1, -0.05) is 38.1 Å². The molecular formula is C20H20N2O3. The summed E-state index contributed by atoms with van der Waals surface area (Å²) in [6, 6.07) is 11.1. The molecule has 25 heavy (non-hydrogen) atoms. The second-order valence-electron chi connectivity index (χ2n) is 5.60. The van der Waals surface area contributed by atoms with Gasteiger partial charge in [0, 0.05) is 17.3 Å². The molecule has 0 fully saturated rings. The number of aldehydes is 1. The number of hydrogen-bond donors (Lipinski definition) is 1. The molecule has 0 saturated carbocycles. The van der Waals surface area contributed by atoms with Crippen LogP contribution in [0.3, 0.4) is 0 Å². The Morgan fingerprint density at radius 1 is 1.16 bits per heavy atom. The van der Waals surface area contributed by atoms with E-state index in [9.17, 15) is 14.4 Å². The van der Waals surface area contributed by atoms with Gasteiger partial charge in [-0.3, -0.25) is 14.6 Å². The van der Waals surface area contributed by atoms with Gasteiger partial charge < -0.3 is 10.1 Å². The summed E-state index contributed by atoms with van der Waals surface area (Å²) >= 11 is 0. The van der Waals surface area contributed by atoms with Crippen LogP contribution in [-0.4, -0.2) is 29.0 Å². The van der Waals surface area contributed by atoms with Gasteiger partial charge in [-0.05, 0) is 36.2 Å². The van der Waals surface area contributed by atoms with Crippen LogP contribution >= 0.6 is 0 Å². The molecule has 1 aromatic carbocycles. The molecular weight excluding hydrogens is 316 g/mol. The number of nitrogens with zero attached hydrogens (tertiary/aromatic N) is 1. The number of amides is 1. The summed E-state index contributed by atoms with van der Waals surface area (Å²) in [6.07, 6.45) is 3.69. The highest BCUT2D eigenvalue weighted by atomic mass is 16.2. The predicted octanol–water partition coefficient (Wildman–Crippen LogP) is 3.08. The van der Waals surface area contributed by atoms with Crippen LogP contribution in [0.2, 0.25) is 0 Å². The van der Waals surface area contributed by atoms with Crippen molar-refractivity contribution < 1.29 is 14.4 Å². The van der Waals surface area contributed by atoms with Crippen LogP contribution in [0.5, 0.6) is 0 Å². The van der Waals surface area contributed by atoms with E-state index in [1.165, 1.54) is 0 Å². The van der Waals surface area contributed by atoms with E-state index in [1.54, 1.807) is 48.7 Å². The number of pyridine rings is 1. The molecule has 5 nitrogen and oxygen atoms in total. The standard InChI is InChI=1S/C20H20N2O3/c1-3-6-17(13-23)22-20(25)16-10-8-15(9-11-16)14(2)19(24)18-7-4-5-12-21-18/h4-5,7-13,17H,2-3,6H2,1H3,(H,22,25). The largest absolute Gasteiger partial charge is 0.343 e. The van der Waals surface area contributed by atoms with Crippen LogP contribution in [0.4, 0.5) is 0 Å². The third-order valence-electron chi connectivity index (χ3n) is 3.75. The number of Topliss-reactive ketones (excluding diaryl/α,β-unsaturated/α-hetero) is 1. The van der Waals surface area contributed by atoms with E-state index in [0.29, 0.717) is 28.8 Å². The van der Waals surface area contributed by atoms with Crippen molar-refractivity contribution in [3.05, 3.63) is 72.1 Å². The van der Waals surface area contributed by atoms with Crippen molar-refractivity contribution in [1.82, 2.24) is 10.3 Å². The zero-order chi connectivity index (χ0) is 18.2. The second kappa shape index (κ2) is 8.68. The fraction of sp³-hybridized carbons (Fsp3) is 0.200. The van der Waals surface area contributed by atoms with Crippen molar-refractivity contribution in [2.24, 2.45) is 0 Å². The highest BCUT2D eigenvalue weighted by molar-refractivity contribution is 6.27. The topological polar surface area (TPSA) is 76.1 Å². The Morgan fingerprint density at radius 3 is 2.40 bits per heavy atom. The lowest BCUT2D eigenvalue weighted by atomic mass is 9.99. The van der Waals surface area contributed by atoms with Gasteiger partial charge >= 0.3 is 0 Å². The number of carbonyl (C=O) groups excluding carboxylic acids is 3. The zero-order valence-electron chi connectivity index (χ0n) is 14.1. The van der Waals surface area contributed by atoms with E-state index in [0.717, 1.165) is 12.7 Å². The lowest BCUT2D eigenvalue weighted by molar-refractivity contribution is -0.109. The minimum atomic E-state index is -0.488. The van der Waals surface area contributed by atoms with Gasteiger partial charge in [0.1, 0.15) is 12.0 Å². The molecule has 0 bridgehead atoms. The molecule has 0 aliphatic rings. The minimum absolute atomic E-state index is 0.262. The summed E-state index contributed by atoms with van der Waals surface area (Å²) in [5, 5.41) is 2.67.